The Bertz CT molecular complexity index is 628. The summed E-state index contributed by atoms with van der Waals surface area (Å²) in [4.78, 5) is 4.24. The van der Waals surface area contributed by atoms with E-state index < -0.39 is 0 Å². The van der Waals surface area contributed by atoms with E-state index in [2.05, 4.69) is 38.5 Å². The van der Waals surface area contributed by atoms with Gasteiger partial charge in [-0.25, -0.2) is 4.98 Å². The van der Waals surface area contributed by atoms with Crippen LogP contribution in [0.5, 0.6) is 0 Å². The summed E-state index contributed by atoms with van der Waals surface area (Å²) in [7, 11) is 0. The first-order valence-electron chi connectivity index (χ1n) is 6.18. The zero-order valence-electron chi connectivity index (χ0n) is 10.4. The van der Waals surface area contributed by atoms with Gasteiger partial charge in [0.15, 0.2) is 0 Å². The van der Waals surface area contributed by atoms with Crippen molar-refractivity contribution in [3.63, 3.8) is 0 Å². The highest BCUT2D eigenvalue weighted by Crippen LogP contribution is 2.23. The van der Waals surface area contributed by atoms with Gasteiger partial charge in [0.25, 0.3) is 0 Å². The largest absolute Gasteiger partial charge is 0.329 e. The normalized spacial score (nSPS) is 12.5. The minimum absolute atomic E-state index is 0.0206. The van der Waals surface area contributed by atoms with Crippen molar-refractivity contribution in [3.05, 3.63) is 65.2 Å². The van der Waals surface area contributed by atoms with E-state index >= 15 is 0 Å². The number of imidazole rings is 1. The second-order valence-electron chi connectivity index (χ2n) is 4.46. The van der Waals surface area contributed by atoms with Crippen LogP contribution in [0.25, 0.3) is 11.3 Å². The van der Waals surface area contributed by atoms with Crippen LogP contribution in [0.2, 0.25) is 0 Å². The van der Waals surface area contributed by atoms with Crippen LogP contribution in [0.4, 0.5) is 0 Å². The second-order valence-corrected chi connectivity index (χ2v) is 5.24. The van der Waals surface area contributed by atoms with Gasteiger partial charge >= 0.3 is 0 Å². The smallest absolute Gasteiger partial charge is 0.0951 e. The van der Waals surface area contributed by atoms with Crippen LogP contribution < -0.4 is 5.73 Å². The topological polar surface area (TPSA) is 43.8 Å². The van der Waals surface area contributed by atoms with Gasteiger partial charge in [-0.1, -0.05) is 30.3 Å². The van der Waals surface area contributed by atoms with Gasteiger partial charge in [0.05, 0.1) is 18.2 Å². The Morgan fingerprint density at radius 1 is 1.21 bits per heavy atom. The molecule has 0 saturated heterocycles. The van der Waals surface area contributed by atoms with E-state index in [4.69, 9.17) is 5.73 Å². The van der Waals surface area contributed by atoms with E-state index in [9.17, 15) is 0 Å². The van der Waals surface area contributed by atoms with Crippen molar-refractivity contribution in [3.8, 4) is 11.3 Å². The van der Waals surface area contributed by atoms with Gasteiger partial charge < -0.3 is 10.3 Å². The van der Waals surface area contributed by atoms with E-state index in [-0.39, 0.29) is 6.04 Å². The quantitative estimate of drug-likeness (QED) is 0.789. The summed E-state index contributed by atoms with van der Waals surface area (Å²) < 4.78 is 2.11. The van der Waals surface area contributed by atoms with Crippen LogP contribution in [0.15, 0.2) is 59.7 Å². The maximum atomic E-state index is 6.26. The molecule has 1 aromatic carbocycles. The van der Waals surface area contributed by atoms with Gasteiger partial charge in [-0.3, -0.25) is 0 Å². The van der Waals surface area contributed by atoms with Crippen LogP contribution >= 0.6 is 11.3 Å². The number of aromatic nitrogens is 2. The number of rotatable bonds is 4. The highest BCUT2D eigenvalue weighted by molar-refractivity contribution is 7.08. The minimum Gasteiger partial charge on any atom is -0.329 e. The molecule has 3 rings (SSSR count). The minimum atomic E-state index is -0.0206. The third-order valence-corrected chi connectivity index (χ3v) is 3.83. The van der Waals surface area contributed by atoms with Gasteiger partial charge in [-0.05, 0) is 17.0 Å². The van der Waals surface area contributed by atoms with Crippen molar-refractivity contribution >= 4 is 11.3 Å². The molecule has 2 aromatic heterocycles. The number of benzene rings is 1. The zero-order valence-corrected chi connectivity index (χ0v) is 11.3. The summed E-state index contributed by atoms with van der Waals surface area (Å²) in [6, 6.07) is 12.2. The summed E-state index contributed by atoms with van der Waals surface area (Å²) in [5.74, 6) is 0. The number of thiophene rings is 1. The fourth-order valence-electron chi connectivity index (χ4n) is 2.13. The molecule has 0 aliphatic rings. The van der Waals surface area contributed by atoms with Crippen molar-refractivity contribution in [2.45, 2.75) is 12.6 Å². The lowest BCUT2D eigenvalue weighted by atomic mass is 10.1. The van der Waals surface area contributed by atoms with E-state index in [1.54, 1.807) is 11.3 Å². The van der Waals surface area contributed by atoms with Gasteiger partial charge in [0.1, 0.15) is 0 Å². The van der Waals surface area contributed by atoms with Crippen molar-refractivity contribution in [2.24, 2.45) is 5.73 Å². The molecule has 1 unspecified atom stereocenters. The molecule has 0 fully saturated rings. The molecule has 3 nitrogen and oxygen atoms in total. The van der Waals surface area contributed by atoms with Crippen LogP contribution in [0.3, 0.4) is 0 Å². The average molecular weight is 269 g/mol. The first-order valence-corrected chi connectivity index (χ1v) is 7.12. The van der Waals surface area contributed by atoms with E-state index in [1.165, 1.54) is 5.56 Å². The van der Waals surface area contributed by atoms with Gasteiger partial charge in [0.2, 0.25) is 0 Å². The molecule has 0 spiro atoms. The van der Waals surface area contributed by atoms with Gasteiger partial charge in [0, 0.05) is 23.5 Å². The van der Waals surface area contributed by atoms with Crippen molar-refractivity contribution < 1.29 is 0 Å². The first kappa shape index (κ1) is 12.1. The fourth-order valence-corrected chi connectivity index (χ4v) is 2.78. The molecule has 0 saturated carbocycles. The lowest BCUT2D eigenvalue weighted by molar-refractivity contribution is 0.580. The highest BCUT2D eigenvalue weighted by Gasteiger charge is 2.10. The Morgan fingerprint density at radius 3 is 2.79 bits per heavy atom. The van der Waals surface area contributed by atoms with Crippen LogP contribution in [-0.4, -0.2) is 9.55 Å². The van der Waals surface area contributed by atoms with Crippen molar-refractivity contribution in [1.29, 1.82) is 0 Å². The van der Waals surface area contributed by atoms with Crippen molar-refractivity contribution in [2.75, 3.05) is 0 Å². The molecule has 0 amide bonds. The van der Waals surface area contributed by atoms with Crippen LogP contribution in [-0.2, 0) is 6.54 Å². The number of nitrogens with two attached hydrogens (primary N) is 1. The SMILES string of the molecule is NC(Cn1cncc1-c1ccsc1)c1ccccc1. The third-order valence-electron chi connectivity index (χ3n) is 3.15. The maximum Gasteiger partial charge on any atom is 0.0951 e. The molecule has 2 heterocycles. The Kier molecular flexibility index (Phi) is 3.44. The van der Waals surface area contributed by atoms with E-state index in [1.807, 2.05) is 30.7 Å². The molecule has 2 N–H and O–H groups in total. The first-order chi connectivity index (χ1) is 9.34. The predicted octanol–water partition coefficient (Wildman–Crippen LogP) is 3.31. The van der Waals surface area contributed by atoms with Gasteiger partial charge in [-0.2, -0.15) is 11.3 Å². The molecule has 0 aliphatic carbocycles. The Balaban J connectivity index is 1.83. The number of nitrogens with zero attached hydrogens (tertiary/aromatic N) is 2. The monoisotopic (exact) mass is 269 g/mol. The molecule has 0 aliphatic heterocycles. The number of hydrogen-bond donors (Lipinski definition) is 1. The zero-order chi connectivity index (χ0) is 13.1. The Morgan fingerprint density at radius 2 is 2.05 bits per heavy atom. The van der Waals surface area contributed by atoms with Crippen LogP contribution in [0.1, 0.15) is 11.6 Å². The molecule has 96 valence electrons. The molecule has 1 atom stereocenters. The lowest BCUT2D eigenvalue weighted by Crippen LogP contribution is -2.17. The molecule has 3 aromatic rings. The molecule has 19 heavy (non-hydrogen) atoms. The van der Waals surface area contributed by atoms with Gasteiger partial charge in [-0.15, -0.1) is 0 Å². The molecule has 0 radical (unpaired) electrons. The Labute approximate surface area is 116 Å². The lowest BCUT2D eigenvalue weighted by Gasteiger charge is -2.14. The molecular weight excluding hydrogens is 254 g/mol. The Hall–Kier alpha value is -1.91. The second kappa shape index (κ2) is 5.38. The van der Waals surface area contributed by atoms with E-state index in [0.29, 0.717) is 0 Å². The van der Waals surface area contributed by atoms with E-state index in [0.717, 1.165) is 17.8 Å². The summed E-state index contributed by atoms with van der Waals surface area (Å²) in [5.41, 5.74) is 9.72. The third kappa shape index (κ3) is 2.59. The van der Waals surface area contributed by atoms with Crippen molar-refractivity contribution in [1.82, 2.24) is 9.55 Å². The highest BCUT2D eigenvalue weighted by atomic mass is 32.1. The molecular formula is C15H15N3S. The predicted molar refractivity (Wildman–Crippen MR) is 78.9 cm³/mol. The summed E-state index contributed by atoms with van der Waals surface area (Å²) in [6.45, 7) is 0.731. The fraction of sp³-hybridized carbons (Fsp3) is 0.133. The summed E-state index contributed by atoms with van der Waals surface area (Å²) >= 11 is 1.69. The molecule has 4 heteroatoms. The number of hydrogen-bond acceptors (Lipinski definition) is 3. The van der Waals surface area contributed by atoms with Crippen LogP contribution in [0, 0.1) is 0 Å². The summed E-state index contributed by atoms with van der Waals surface area (Å²) in [5, 5.41) is 4.20. The molecule has 0 bridgehead atoms. The standard InChI is InChI=1S/C15H15N3S/c16-14(12-4-2-1-3-5-12)9-18-11-17-8-15(18)13-6-7-19-10-13/h1-8,10-11,14H,9,16H2. The average Bonchev–Trinajstić information content (AvgIpc) is 3.10. The maximum absolute atomic E-state index is 6.26. The summed E-state index contributed by atoms with van der Waals surface area (Å²) in [6.07, 6.45) is 3.73.